The van der Waals surface area contributed by atoms with Crippen molar-refractivity contribution in [3.8, 4) is 11.1 Å². The topological polar surface area (TPSA) is 79.4 Å². The van der Waals surface area contributed by atoms with Crippen LogP contribution < -0.4 is 9.80 Å². The fraction of sp³-hybridized carbons (Fsp3) is 0.273. The molecule has 0 bridgehead atoms. The summed E-state index contributed by atoms with van der Waals surface area (Å²) in [4.78, 5) is 9.45. The van der Waals surface area contributed by atoms with Crippen molar-refractivity contribution >= 4 is 28.0 Å². The zero-order valence-corrected chi connectivity index (χ0v) is 17.1. The van der Waals surface area contributed by atoms with Gasteiger partial charge in [-0.3, -0.25) is 5.41 Å². The third kappa shape index (κ3) is 3.37. The molecule has 0 spiro atoms. The maximum Gasteiger partial charge on any atom is 0.185 e. The third-order valence-corrected chi connectivity index (χ3v) is 7.05. The van der Waals surface area contributed by atoms with Crippen molar-refractivity contribution in [3.63, 3.8) is 0 Å². The van der Waals surface area contributed by atoms with E-state index in [1.54, 1.807) is 12.3 Å². The summed E-state index contributed by atoms with van der Waals surface area (Å²) >= 11 is 1.40. The summed E-state index contributed by atoms with van der Waals surface area (Å²) < 4.78 is 14.7. The lowest BCUT2D eigenvalue weighted by molar-refractivity contribution is 0.533. The molecular formula is C22H21FN6S. The Morgan fingerprint density at radius 3 is 2.40 bits per heavy atom. The number of fused-ring (bicyclic) bond motifs is 1. The van der Waals surface area contributed by atoms with E-state index >= 15 is 0 Å². The van der Waals surface area contributed by atoms with Crippen molar-refractivity contribution in [2.24, 2.45) is 17.0 Å². The molecule has 2 aliphatic heterocycles. The maximum atomic E-state index is 14.7. The van der Waals surface area contributed by atoms with E-state index in [0.717, 1.165) is 42.4 Å². The summed E-state index contributed by atoms with van der Waals surface area (Å²) in [5, 5.41) is 11.7. The van der Waals surface area contributed by atoms with Gasteiger partial charge in [0.1, 0.15) is 5.82 Å². The summed E-state index contributed by atoms with van der Waals surface area (Å²) in [6.07, 6.45) is 1.62. The Balaban J connectivity index is 1.31. The van der Waals surface area contributed by atoms with Gasteiger partial charge in [-0.05, 0) is 23.3 Å². The smallest absolute Gasteiger partial charge is 0.185 e. The third-order valence-electron chi connectivity index (χ3n) is 5.99. The Bertz CT molecular complexity index is 1080. The van der Waals surface area contributed by atoms with Crippen molar-refractivity contribution < 1.29 is 4.39 Å². The number of anilines is 2. The summed E-state index contributed by atoms with van der Waals surface area (Å²) in [5.41, 5.74) is 9.79. The van der Waals surface area contributed by atoms with Crippen LogP contribution in [0.2, 0.25) is 0 Å². The molecule has 152 valence electrons. The molecule has 0 radical (unpaired) electrons. The van der Waals surface area contributed by atoms with Crippen LogP contribution in [0, 0.1) is 28.6 Å². The van der Waals surface area contributed by atoms with E-state index in [-0.39, 0.29) is 11.7 Å². The lowest BCUT2D eigenvalue weighted by Crippen LogP contribution is -2.29. The molecule has 2 aliphatic rings. The number of aromatic nitrogens is 1. The van der Waals surface area contributed by atoms with E-state index in [4.69, 9.17) is 10.9 Å². The van der Waals surface area contributed by atoms with Gasteiger partial charge in [-0.2, -0.15) is 0 Å². The predicted octanol–water partition coefficient (Wildman–Crippen LogP) is 4.88. The summed E-state index contributed by atoms with van der Waals surface area (Å²) in [6.45, 7) is 3.40. The van der Waals surface area contributed by atoms with E-state index in [9.17, 15) is 4.39 Å². The van der Waals surface area contributed by atoms with Crippen molar-refractivity contribution in [1.82, 2.24) is 4.98 Å². The zero-order valence-electron chi connectivity index (χ0n) is 16.3. The Labute approximate surface area is 178 Å². The minimum absolute atomic E-state index is 0.0573. The first-order valence-electron chi connectivity index (χ1n) is 9.89. The molecule has 30 heavy (non-hydrogen) atoms. The molecular weight excluding hydrogens is 399 g/mol. The SMILES string of the molecule is N=NC(=N)c1cnc(N2CC3CN(c4cc(-c5ccccc5)ccc4F)CC3C2)s1. The number of hydrogen-bond acceptors (Lipinski definition) is 6. The summed E-state index contributed by atoms with van der Waals surface area (Å²) in [5.74, 6) is 0.682. The van der Waals surface area contributed by atoms with Gasteiger partial charge >= 0.3 is 0 Å². The van der Waals surface area contributed by atoms with E-state index in [0.29, 0.717) is 22.4 Å². The van der Waals surface area contributed by atoms with Crippen molar-refractivity contribution in [2.45, 2.75) is 0 Å². The van der Waals surface area contributed by atoms with Gasteiger partial charge in [-0.25, -0.2) is 14.9 Å². The van der Waals surface area contributed by atoms with Crippen LogP contribution in [0.15, 0.2) is 59.8 Å². The number of nitrogens with zero attached hydrogens (tertiary/aromatic N) is 4. The number of hydrogen-bond donors (Lipinski definition) is 2. The lowest BCUT2D eigenvalue weighted by atomic mass is 10.0. The van der Waals surface area contributed by atoms with Gasteiger partial charge in [0.25, 0.3) is 0 Å². The molecule has 2 saturated heterocycles. The van der Waals surface area contributed by atoms with Gasteiger partial charge < -0.3 is 9.80 Å². The van der Waals surface area contributed by atoms with Crippen LogP contribution >= 0.6 is 11.3 Å². The molecule has 8 heteroatoms. The fourth-order valence-corrected chi connectivity index (χ4v) is 5.31. The number of thiazole rings is 1. The average Bonchev–Trinajstić information content (AvgIpc) is 3.49. The maximum absolute atomic E-state index is 14.7. The first-order chi connectivity index (χ1) is 14.6. The van der Waals surface area contributed by atoms with Crippen LogP contribution in [-0.4, -0.2) is 37.0 Å². The first kappa shape index (κ1) is 18.9. The quantitative estimate of drug-likeness (QED) is 0.359. The summed E-state index contributed by atoms with van der Waals surface area (Å²) in [6, 6.07) is 15.4. The molecule has 3 aromatic rings. The molecule has 0 aliphatic carbocycles. The van der Waals surface area contributed by atoms with Crippen molar-refractivity contribution in [2.75, 3.05) is 36.0 Å². The molecule has 0 saturated carbocycles. The van der Waals surface area contributed by atoms with Gasteiger partial charge in [0.05, 0.1) is 16.8 Å². The normalized spacial score (nSPS) is 20.4. The highest BCUT2D eigenvalue weighted by Gasteiger charge is 2.41. The van der Waals surface area contributed by atoms with E-state index in [1.165, 1.54) is 11.3 Å². The monoisotopic (exact) mass is 420 g/mol. The molecule has 2 aromatic carbocycles. The highest BCUT2D eigenvalue weighted by atomic mass is 32.1. The van der Waals surface area contributed by atoms with Gasteiger partial charge in [-0.1, -0.05) is 47.7 Å². The molecule has 2 N–H and O–H groups in total. The molecule has 3 heterocycles. The minimum atomic E-state index is -0.172. The van der Waals surface area contributed by atoms with E-state index in [1.807, 2.05) is 42.5 Å². The molecule has 2 atom stereocenters. The first-order valence-corrected chi connectivity index (χ1v) is 10.7. The Kier molecular flexibility index (Phi) is 4.78. The standard InChI is InChI=1S/C22H21FN6S/c23-18-7-6-15(14-4-2-1-3-5-14)8-19(18)28-10-16-12-29(13-17(16)11-28)22-26-9-20(30-22)21(24)27-25/h1-9,16-17,24-25H,10-13H2. The van der Waals surface area contributed by atoms with Gasteiger partial charge in [0.2, 0.25) is 0 Å². The highest BCUT2D eigenvalue weighted by Crippen LogP contribution is 2.39. The fourth-order valence-electron chi connectivity index (χ4n) is 4.49. The highest BCUT2D eigenvalue weighted by molar-refractivity contribution is 7.17. The average molecular weight is 421 g/mol. The van der Waals surface area contributed by atoms with Crippen LogP contribution in [-0.2, 0) is 0 Å². The molecule has 2 unspecified atom stereocenters. The van der Waals surface area contributed by atoms with Crippen LogP contribution in [0.5, 0.6) is 0 Å². The minimum Gasteiger partial charge on any atom is -0.368 e. The second-order valence-corrected chi connectivity index (χ2v) is 8.84. The van der Waals surface area contributed by atoms with Gasteiger partial charge in [0.15, 0.2) is 11.0 Å². The number of nitrogens with one attached hydrogen (secondary N) is 2. The van der Waals surface area contributed by atoms with Crippen LogP contribution in [0.3, 0.4) is 0 Å². The second-order valence-electron chi connectivity index (χ2n) is 7.83. The Morgan fingerprint density at radius 2 is 1.70 bits per heavy atom. The molecule has 6 nitrogen and oxygen atoms in total. The lowest BCUT2D eigenvalue weighted by Gasteiger charge is -2.24. The van der Waals surface area contributed by atoms with Crippen LogP contribution in [0.1, 0.15) is 4.88 Å². The largest absolute Gasteiger partial charge is 0.368 e. The van der Waals surface area contributed by atoms with Crippen LogP contribution in [0.25, 0.3) is 11.1 Å². The van der Waals surface area contributed by atoms with Crippen molar-refractivity contribution in [1.29, 1.82) is 10.9 Å². The number of benzene rings is 2. The number of rotatable bonds is 4. The molecule has 2 fully saturated rings. The molecule has 0 amide bonds. The second kappa shape index (κ2) is 7.60. The molecule has 5 rings (SSSR count). The van der Waals surface area contributed by atoms with E-state index in [2.05, 4.69) is 19.9 Å². The Morgan fingerprint density at radius 1 is 1.00 bits per heavy atom. The zero-order chi connectivity index (χ0) is 20.7. The summed E-state index contributed by atoms with van der Waals surface area (Å²) in [7, 11) is 0. The van der Waals surface area contributed by atoms with Crippen LogP contribution in [0.4, 0.5) is 15.2 Å². The van der Waals surface area contributed by atoms with Crippen molar-refractivity contribution in [3.05, 3.63) is 65.4 Å². The Hall–Kier alpha value is -3.13. The number of halogens is 1. The van der Waals surface area contributed by atoms with E-state index < -0.39 is 0 Å². The number of amidine groups is 1. The van der Waals surface area contributed by atoms with Gasteiger partial charge in [-0.15, -0.1) is 5.11 Å². The van der Waals surface area contributed by atoms with Gasteiger partial charge in [0, 0.05) is 38.0 Å². The molecule has 1 aromatic heterocycles. The predicted molar refractivity (Wildman–Crippen MR) is 117 cm³/mol.